The second kappa shape index (κ2) is 8.71. The van der Waals surface area contributed by atoms with E-state index in [4.69, 9.17) is 10.2 Å². The Kier molecular flexibility index (Phi) is 7.20. The van der Waals surface area contributed by atoms with Crippen LogP contribution in [-0.2, 0) is 4.79 Å². The Morgan fingerprint density at radius 2 is 1.79 bits per heavy atom. The molecular formula is C12H23N3O4. The van der Waals surface area contributed by atoms with Crippen molar-refractivity contribution in [3.63, 3.8) is 0 Å². The Balaban J connectivity index is 1.94. The molecule has 0 aromatic heterocycles. The minimum Gasteiger partial charge on any atom is -0.479 e. The molecule has 0 bridgehead atoms. The highest BCUT2D eigenvalue weighted by atomic mass is 16.4. The van der Waals surface area contributed by atoms with E-state index >= 15 is 0 Å². The van der Waals surface area contributed by atoms with Crippen molar-refractivity contribution in [2.75, 3.05) is 32.7 Å². The van der Waals surface area contributed by atoms with Gasteiger partial charge in [-0.3, -0.25) is 0 Å². The van der Waals surface area contributed by atoms with Crippen LogP contribution in [0.3, 0.4) is 0 Å². The highest BCUT2D eigenvalue weighted by Crippen LogP contribution is 2.06. The first kappa shape index (κ1) is 15.7. The first-order chi connectivity index (χ1) is 9.09. The molecule has 0 aliphatic carbocycles. The number of likely N-dealkylation sites (tertiary alicyclic amines) is 1. The number of carbonyl (C=O) groups excluding carboxylic acids is 1. The van der Waals surface area contributed by atoms with Gasteiger partial charge in [0.15, 0.2) is 6.10 Å². The number of urea groups is 1. The SMILES string of the molecule is O=C(NCCCN1CCCC1)NCC[C@H](O)C(=O)O. The first-order valence-corrected chi connectivity index (χ1v) is 6.74. The standard InChI is InChI=1S/C12H23N3O4/c16-10(11(17)18)4-6-14-12(19)13-5-3-9-15-7-1-2-8-15/h10,16H,1-9H2,(H,17,18)(H2,13,14,19)/t10-/m0/s1. The Labute approximate surface area is 113 Å². The van der Waals surface area contributed by atoms with Crippen molar-refractivity contribution in [1.82, 2.24) is 15.5 Å². The summed E-state index contributed by atoms with van der Waals surface area (Å²) < 4.78 is 0. The maximum Gasteiger partial charge on any atom is 0.332 e. The molecule has 19 heavy (non-hydrogen) atoms. The van der Waals surface area contributed by atoms with Gasteiger partial charge in [-0.2, -0.15) is 0 Å². The number of hydrogen-bond acceptors (Lipinski definition) is 4. The van der Waals surface area contributed by atoms with Crippen LogP contribution in [0.25, 0.3) is 0 Å². The summed E-state index contributed by atoms with van der Waals surface area (Å²) in [6.07, 6.45) is 2.02. The molecule has 0 aromatic rings. The molecule has 0 spiro atoms. The third-order valence-corrected chi connectivity index (χ3v) is 3.12. The third kappa shape index (κ3) is 6.97. The summed E-state index contributed by atoms with van der Waals surface area (Å²) in [4.78, 5) is 24.0. The normalized spacial score (nSPS) is 17.1. The molecule has 7 heteroatoms. The molecule has 0 radical (unpaired) electrons. The highest BCUT2D eigenvalue weighted by Gasteiger charge is 2.13. The molecular weight excluding hydrogens is 250 g/mol. The molecule has 1 fully saturated rings. The van der Waals surface area contributed by atoms with Gasteiger partial charge in [-0.25, -0.2) is 9.59 Å². The van der Waals surface area contributed by atoms with Crippen LogP contribution in [0.5, 0.6) is 0 Å². The van der Waals surface area contributed by atoms with E-state index in [0.717, 1.165) is 26.1 Å². The minimum absolute atomic E-state index is 0.0104. The lowest BCUT2D eigenvalue weighted by molar-refractivity contribution is -0.146. The molecule has 110 valence electrons. The largest absolute Gasteiger partial charge is 0.479 e. The van der Waals surface area contributed by atoms with Crippen LogP contribution < -0.4 is 10.6 Å². The van der Waals surface area contributed by atoms with E-state index in [1.807, 2.05) is 0 Å². The molecule has 1 atom stereocenters. The van der Waals surface area contributed by atoms with Crippen LogP contribution in [0.2, 0.25) is 0 Å². The van der Waals surface area contributed by atoms with Crippen LogP contribution in [0.15, 0.2) is 0 Å². The molecule has 0 saturated carbocycles. The zero-order chi connectivity index (χ0) is 14.1. The van der Waals surface area contributed by atoms with E-state index in [1.54, 1.807) is 0 Å². The second-order valence-corrected chi connectivity index (χ2v) is 4.73. The quantitative estimate of drug-likeness (QED) is 0.451. The highest BCUT2D eigenvalue weighted by molar-refractivity contribution is 5.74. The molecule has 0 unspecified atom stereocenters. The van der Waals surface area contributed by atoms with E-state index < -0.39 is 12.1 Å². The summed E-state index contributed by atoms with van der Waals surface area (Å²) in [6.45, 7) is 4.05. The molecule has 1 aliphatic heterocycles. The molecule has 1 saturated heterocycles. The number of carbonyl (C=O) groups is 2. The van der Waals surface area contributed by atoms with Crippen LogP contribution >= 0.6 is 0 Å². The fraction of sp³-hybridized carbons (Fsp3) is 0.833. The van der Waals surface area contributed by atoms with Gasteiger partial charge in [0, 0.05) is 19.5 Å². The van der Waals surface area contributed by atoms with Crippen LogP contribution in [-0.4, -0.2) is 65.9 Å². The van der Waals surface area contributed by atoms with Gasteiger partial charge in [0.05, 0.1) is 0 Å². The van der Waals surface area contributed by atoms with E-state index in [0.29, 0.717) is 6.54 Å². The zero-order valence-electron chi connectivity index (χ0n) is 11.1. The lowest BCUT2D eigenvalue weighted by Crippen LogP contribution is -2.38. The van der Waals surface area contributed by atoms with Gasteiger partial charge in [-0.05, 0) is 38.9 Å². The van der Waals surface area contributed by atoms with Crippen molar-refractivity contribution in [2.24, 2.45) is 0 Å². The van der Waals surface area contributed by atoms with Crippen molar-refractivity contribution in [3.8, 4) is 0 Å². The van der Waals surface area contributed by atoms with Gasteiger partial charge in [0.25, 0.3) is 0 Å². The van der Waals surface area contributed by atoms with E-state index in [9.17, 15) is 9.59 Å². The Hall–Kier alpha value is -1.34. The minimum atomic E-state index is -1.42. The lowest BCUT2D eigenvalue weighted by Gasteiger charge is -2.14. The van der Waals surface area contributed by atoms with Crippen LogP contribution in [0, 0.1) is 0 Å². The van der Waals surface area contributed by atoms with Gasteiger partial charge in [-0.1, -0.05) is 0 Å². The van der Waals surface area contributed by atoms with Crippen molar-refractivity contribution in [2.45, 2.75) is 31.8 Å². The predicted octanol–water partition coefficient (Wildman–Crippen LogP) is -0.393. The summed E-state index contributed by atoms with van der Waals surface area (Å²) in [7, 11) is 0. The molecule has 2 amide bonds. The summed E-state index contributed by atoms with van der Waals surface area (Å²) in [6, 6.07) is -0.320. The molecule has 1 rings (SSSR count). The molecule has 7 nitrogen and oxygen atoms in total. The number of rotatable bonds is 8. The number of carboxylic acid groups (broad SMARTS) is 1. The lowest BCUT2D eigenvalue weighted by atomic mass is 10.2. The van der Waals surface area contributed by atoms with E-state index in [2.05, 4.69) is 15.5 Å². The predicted molar refractivity (Wildman–Crippen MR) is 70.0 cm³/mol. The van der Waals surface area contributed by atoms with Gasteiger partial charge < -0.3 is 25.7 Å². The summed E-state index contributed by atoms with van der Waals surface area (Å²) in [5, 5.41) is 22.7. The number of hydrogen-bond donors (Lipinski definition) is 4. The maximum absolute atomic E-state index is 11.3. The van der Waals surface area contributed by atoms with Crippen LogP contribution in [0.4, 0.5) is 4.79 Å². The molecule has 1 heterocycles. The summed E-state index contributed by atoms with van der Waals surface area (Å²) in [5.74, 6) is -1.27. The van der Waals surface area contributed by atoms with E-state index in [1.165, 1.54) is 12.8 Å². The Morgan fingerprint density at radius 1 is 1.16 bits per heavy atom. The molecule has 0 aromatic carbocycles. The number of nitrogens with zero attached hydrogens (tertiary/aromatic N) is 1. The summed E-state index contributed by atoms with van der Waals surface area (Å²) >= 11 is 0. The zero-order valence-corrected chi connectivity index (χ0v) is 11.1. The Bertz CT molecular complexity index is 293. The second-order valence-electron chi connectivity index (χ2n) is 4.73. The number of aliphatic carboxylic acids is 1. The monoisotopic (exact) mass is 273 g/mol. The molecule has 1 aliphatic rings. The fourth-order valence-electron chi connectivity index (χ4n) is 2.02. The molecule has 4 N–H and O–H groups in total. The van der Waals surface area contributed by atoms with Crippen molar-refractivity contribution in [1.29, 1.82) is 0 Å². The smallest absolute Gasteiger partial charge is 0.332 e. The van der Waals surface area contributed by atoms with Crippen molar-refractivity contribution in [3.05, 3.63) is 0 Å². The average Bonchev–Trinajstić information content (AvgIpc) is 2.87. The number of amides is 2. The van der Waals surface area contributed by atoms with Crippen molar-refractivity contribution >= 4 is 12.0 Å². The van der Waals surface area contributed by atoms with Crippen LogP contribution in [0.1, 0.15) is 25.7 Å². The number of aliphatic hydroxyl groups excluding tert-OH is 1. The van der Waals surface area contributed by atoms with Crippen molar-refractivity contribution < 1.29 is 19.8 Å². The summed E-state index contributed by atoms with van der Waals surface area (Å²) in [5.41, 5.74) is 0. The van der Waals surface area contributed by atoms with Gasteiger partial charge in [-0.15, -0.1) is 0 Å². The van der Waals surface area contributed by atoms with Gasteiger partial charge in [0.2, 0.25) is 0 Å². The van der Waals surface area contributed by atoms with Gasteiger partial charge >= 0.3 is 12.0 Å². The van der Waals surface area contributed by atoms with E-state index in [-0.39, 0.29) is 19.0 Å². The first-order valence-electron chi connectivity index (χ1n) is 6.74. The fourth-order valence-corrected chi connectivity index (χ4v) is 2.02. The Morgan fingerprint density at radius 3 is 2.42 bits per heavy atom. The third-order valence-electron chi connectivity index (χ3n) is 3.12. The number of carboxylic acids is 1. The van der Waals surface area contributed by atoms with Gasteiger partial charge in [0.1, 0.15) is 0 Å². The maximum atomic E-state index is 11.3. The number of nitrogens with one attached hydrogen (secondary N) is 2. The average molecular weight is 273 g/mol. The topological polar surface area (TPSA) is 102 Å². The number of aliphatic hydroxyl groups is 1.